The van der Waals surface area contributed by atoms with Gasteiger partial charge in [0.25, 0.3) is 0 Å². The monoisotopic (exact) mass is 413 g/mol. The van der Waals surface area contributed by atoms with Crippen molar-refractivity contribution in [3.63, 3.8) is 0 Å². The Morgan fingerprint density at radius 3 is 2.47 bits per heavy atom. The third-order valence-corrected chi connectivity index (χ3v) is 5.60. The lowest BCUT2D eigenvalue weighted by Crippen LogP contribution is -2.49. The molecule has 2 aliphatic heterocycles. The molecule has 1 N–H and O–H groups in total. The second-order valence-corrected chi connectivity index (χ2v) is 7.22. The summed E-state index contributed by atoms with van der Waals surface area (Å²) >= 11 is 0. The number of methoxy groups -OCH3 is 2. The van der Waals surface area contributed by atoms with Gasteiger partial charge < -0.3 is 29.2 Å². The smallest absolute Gasteiger partial charge is 0.406 e. The van der Waals surface area contributed by atoms with E-state index in [4.69, 9.17) is 18.9 Å². The molecule has 4 rings (SSSR count). The molecule has 2 heterocycles. The Hall–Kier alpha value is -3.13. The molecule has 1 atom stereocenters. The highest BCUT2D eigenvalue weighted by atomic mass is 16.7. The Morgan fingerprint density at radius 1 is 1.03 bits per heavy atom. The van der Waals surface area contributed by atoms with Crippen LogP contribution in [0.25, 0.3) is 0 Å². The van der Waals surface area contributed by atoms with E-state index >= 15 is 0 Å². The van der Waals surface area contributed by atoms with E-state index in [1.807, 2.05) is 30.3 Å². The van der Waals surface area contributed by atoms with Gasteiger partial charge in [-0.15, -0.1) is 0 Å². The number of nitrogens with one attached hydrogen (secondary N) is 1. The van der Waals surface area contributed by atoms with Gasteiger partial charge in [-0.3, -0.25) is 4.90 Å². The Bertz CT molecular complexity index is 866. The second kappa shape index (κ2) is 9.13. The van der Waals surface area contributed by atoms with E-state index in [-0.39, 0.29) is 12.8 Å². The summed E-state index contributed by atoms with van der Waals surface area (Å²) < 4.78 is 21.0. The fourth-order valence-corrected chi connectivity index (χ4v) is 3.92. The van der Waals surface area contributed by atoms with Crippen molar-refractivity contribution in [2.24, 2.45) is 0 Å². The lowest BCUT2D eigenvalue weighted by atomic mass is 10.0. The number of piperazine rings is 1. The van der Waals surface area contributed by atoms with Gasteiger partial charge in [-0.25, -0.2) is 4.79 Å². The molecule has 2 aromatic rings. The molecule has 30 heavy (non-hydrogen) atoms. The van der Waals surface area contributed by atoms with E-state index in [0.29, 0.717) is 6.54 Å². The molecule has 0 aromatic heterocycles. The molecule has 1 unspecified atom stereocenters. The van der Waals surface area contributed by atoms with Crippen molar-refractivity contribution in [1.29, 1.82) is 0 Å². The topological polar surface area (TPSA) is 72.5 Å². The molecule has 0 radical (unpaired) electrons. The first-order valence-electron chi connectivity index (χ1n) is 10.0. The van der Waals surface area contributed by atoms with Crippen molar-refractivity contribution in [2.45, 2.75) is 6.04 Å². The first-order valence-corrected chi connectivity index (χ1v) is 10.0. The summed E-state index contributed by atoms with van der Waals surface area (Å²) in [4.78, 5) is 16.4. The SMILES string of the molecule is COC(=O)NCC(c1ccc2c(c1)OCO2)N1CCN(c2ccc(OC)cc2)CC1. The van der Waals surface area contributed by atoms with E-state index in [1.54, 1.807) is 7.11 Å². The number of amides is 1. The molecule has 1 amide bonds. The molecular formula is C22H27N3O5. The van der Waals surface area contributed by atoms with Crippen molar-refractivity contribution < 1.29 is 23.7 Å². The van der Waals surface area contributed by atoms with Gasteiger partial charge in [-0.2, -0.15) is 0 Å². The lowest BCUT2D eigenvalue weighted by Gasteiger charge is -2.40. The normalized spacial score (nSPS) is 16.8. The molecule has 0 spiro atoms. The molecule has 1 fully saturated rings. The van der Waals surface area contributed by atoms with Crippen molar-refractivity contribution in [2.75, 3.05) is 58.6 Å². The van der Waals surface area contributed by atoms with Gasteiger partial charge in [0.1, 0.15) is 5.75 Å². The highest BCUT2D eigenvalue weighted by Crippen LogP contribution is 2.35. The molecular weight excluding hydrogens is 386 g/mol. The number of nitrogens with zero attached hydrogens (tertiary/aromatic N) is 2. The molecule has 8 heteroatoms. The van der Waals surface area contributed by atoms with Crippen LogP contribution in [0.2, 0.25) is 0 Å². The third kappa shape index (κ3) is 4.38. The average molecular weight is 413 g/mol. The number of carbonyl (C=O) groups excluding carboxylic acids is 1. The van der Waals surface area contributed by atoms with E-state index < -0.39 is 6.09 Å². The Morgan fingerprint density at radius 2 is 1.77 bits per heavy atom. The quantitative estimate of drug-likeness (QED) is 0.781. The van der Waals surface area contributed by atoms with Gasteiger partial charge >= 0.3 is 6.09 Å². The Kier molecular flexibility index (Phi) is 6.13. The molecule has 2 aromatic carbocycles. The highest BCUT2D eigenvalue weighted by Gasteiger charge is 2.27. The maximum absolute atomic E-state index is 11.7. The maximum atomic E-state index is 11.7. The van der Waals surface area contributed by atoms with E-state index in [0.717, 1.165) is 49.0 Å². The number of rotatable bonds is 6. The summed E-state index contributed by atoms with van der Waals surface area (Å²) in [6.07, 6.45) is -0.433. The minimum Gasteiger partial charge on any atom is -0.497 e. The van der Waals surface area contributed by atoms with Crippen molar-refractivity contribution >= 4 is 11.8 Å². The Labute approximate surface area is 176 Å². The fraction of sp³-hybridized carbons (Fsp3) is 0.409. The van der Waals surface area contributed by atoms with Crippen LogP contribution >= 0.6 is 0 Å². The van der Waals surface area contributed by atoms with Crippen molar-refractivity contribution in [3.05, 3.63) is 48.0 Å². The number of alkyl carbamates (subject to hydrolysis) is 1. The van der Waals surface area contributed by atoms with Crippen LogP contribution in [0.5, 0.6) is 17.2 Å². The maximum Gasteiger partial charge on any atom is 0.406 e. The molecule has 8 nitrogen and oxygen atoms in total. The minimum absolute atomic E-state index is 0.0108. The van der Waals surface area contributed by atoms with Crippen LogP contribution in [0.3, 0.4) is 0 Å². The predicted molar refractivity (Wildman–Crippen MR) is 112 cm³/mol. The van der Waals surface area contributed by atoms with Crippen LogP contribution < -0.4 is 24.4 Å². The fourth-order valence-electron chi connectivity index (χ4n) is 3.92. The van der Waals surface area contributed by atoms with Crippen LogP contribution in [0.15, 0.2) is 42.5 Å². The van der Waals surface area contributed by atoms with Gasteiger partial charge in [0, 0.05) is 38.4 Å². The van der Waals surface area contributed by atoms with Crippen LogP contribution in [0.4, 0.5) is 10.5 Å². The predicted octanol–water partition coefficient (Wildman–Crippen LogP) is 2.64. The van der Waals surface area contributed by atoms with E-state index in [9.17, 15) is 4.79 Å². The number of hydrogen-bond acceptors (Lipinski definition) is 7. The van der Waals surface area contributed by atoms with Gasteiger partial charge in [-0.1, -0.05) is 6.07 Å². The molecule has 0 aliphatic carbocycles. The van der Waals surface area contributed by atoms with Gasteiger partial charge in [0.2, 0.25) is 6.79 Å². The zero-order valence-corrected chi connectivity index (χ0v) is 17.3. The summed E-state index contributed by atoms with van der Waals surface area (Å²) in [6.45, 7) is 4.22. The van der Waals surface area contributed by atoms with Crippen molar-refractivity contribution in [1.82, 2.24) is 10.2 Å². The largest absolute Gasteiger partial charge is 0.497 e. The molecule has 1 saturated heterocycles. The third-order valence-electron chi connectivity index (χ3n) is 5.60. The van der Waals surface area contributed by atoms with Crippen LogP contribution in [-0.2, 0) is 4.74 Å². The number of benzene rings is 2. The summed E-state index contributed by atoms with van der Waals surface area (Å²) in [7, 11) is 3.05. The first kappa shape index (κ1) is 20.2. The minimum atomic E-state index is -0.433. The zero-order valence-electron chi connectivity index (χ0n) is 17.3. The Balaban J connectivity index is 1.46. The summed E-state index contributed by atoms with van der Waals surface area (Å²) in [5, 5.41) is 2.85. The molecule has 0 bridgehead atoms. The zero-order chi connectivity index (χ0) is 20.9. The standard InChI is InChI=1S/C22H27N3O5/c1-27-18-6-4-17(5-7-18)24-9-11-25(12-10-24)19(14-23-22(26)28-2)16-3-8-20-21(13-16)30-15-29-20/h3-8,13,19H,9-12,14-15H2,1-2H3,(H,23,26). The van der Waals surface area contributed by atoms with Gasteiger partial charge in [0.05, 0.1) is 20.3 Å². The first-order chi connectivity index (χ1) is 14.7. The lowest BCUT2D eigenvalue weighted by molar-refractivity contribution is 0.154. The number of hydrogen-bond donors (Lipinski definition) is 1. The van der Waals surface area contributed by atoms with Gasteiger partial charge in [0.15, 0.2) is 11.5 Å². The average Bonchev–Trinajstić information content (AvgIpc) is 3.27. The summed E-state index contributed by atoms with van der Waals surface area (Å²) in [6, 6.07) is 14.1. The number of carbonyl (C=O) groups is 1. The second-order valence-electron chi connectivity index (χ2n) is 7.22. The molecule has 160 valence electrons. The summed E-state index contributed by atoms with van der Waals surface area (Å²) in [5.41, 5.74) is 2.26. The van der Waals surface area contributed by atoms with Crippen molar-refractivity contribution in [3.8, 4) is 17.2 Å². The number of anilines is 1. The highest BCUT2D eigenvalue weighted by molar-refractivity contribution is 5.67. The van der Waals surface area contributed by atoms with Crippen LogP contribution in [0, 0.1) is 0 Å². The number of ether oxygens (including phenoxy) is 4. The van der Waals surface area contributed by atoms with Crippen LogP contribution in [-0.4, -0.2) is 64.7 Å². The molecule has 2 aliphatic rings. The summed E-state index contributed by atoms with van der Waals surface area (Å²) in [5.74, 6) is 2.35. The van der Waals surface area contributed by atoms with Gasteiger partial charge in [-0.05, 0) is 42.0 Å². The molecule has 0 saturated carbocycles. The number of fused-ring (bicyclic) bond motifs is 1. The van der Waals surface area contributed by atoms with E-state index in [2.05, 4.69) is 27.2 Å². The van der Waals surface area contributed by atoms with Crippen LogP contribution in [0.1, 0.15) is 11.6 Å². The van der Waals surface area contributed by atoms with E-state index in [1.165, 1.54) is 12.8 Å².